The van der Waals surface area contributed by atoms with E-state index in [1.165, 1.54) is 17.0 Å². The third-order valence-corrected chi connectivity index (χ3v) is 4.67. The van der Waals surface area contributed by atoms with E-state index in [0.29, 0.717) is 18.7 Å². The fraction of sp³-hybridized carbons (Fsp3) is 0.350. The standard InChI is InChI=1S/C20H22F3N3O2/c1-3-24-9-20(28)10-26(11-20)19(27)13-5-6-14(21)17(23)18(13)25-16-7-4-12(2)8-15(16)22/h4-8,24-25,28H,3,9-11H2,1-2H3. The van der Waals surface area contributed by atoms with Gasteiger partial charge in [0.2, 0.25) is 0 Å². The lowest BCUT2D eigenvalue weighted by Crippen LogP contribution is -2.67. The summed E-state index contributed by atoms with van der Waals surface area (Å²) in [6, 6.07) is 6.25. The first-order valence-electron chi connectivity index (χ1n) is 8.97. The second kappa shape index (κ2) is 7.81. The van der Waals surface area contributed by atoms with Crippen LogP contribution in [0.5, 0.6) is 0 Å². The van der Waals surface area contributed by atoms with Gasteiger partial charge in [-0.2, -0.15) is 0 Å². The van der Waals surface area contributed by atoms with Crippen molar-refractivity contribution in [3.05, 3.63) is 58.9 Å². The first-order chi connectivity index (χ1) is 13.2. The molecule has 2 aromatic rings. The molecular formula is C20H22F3N3O2. The molecule has 0 bridgehead atoms. The molecule has 1 amide bonds. The molecule has 3 N–H and O–H groups in total. The molecule has 2 aromatic carbocycles. The molecule has 1 aliphatic heterocycles. The fourth-order valence-electron chi connectivity index (χ4n) is 3.15. The van der Waals surface area contributed by atoms with Crippen LogP contribution in [-0.4, -0.2) is 47.7 Å². The number of hydrogen-bond acceptors (Lipinski definition) is 4. The van der Waals surface area contributed by atoms with Gasteiger partial charge < -0.3 is 20.6 Å². The molecule has 5 nitrogen and oxygen atoms in total. The van der Waals surface area contributed by atoms with Crippen LogP contribution < -0.4 is 10.6 Å². The van der Waals surface area contributed by atoms with Crippen LogP contribution in [0.2, 0.25) is 0 Å². The molecule has 1 fully saturated rings. The van der Waals surface area contributed by atoms with Gasteiger partial charge in [-0.1, -0.05) is 13.0 Å². The van der Waals surface area contributed by atoms with Gasteiger partial charge in [-0.05, 0) is 43.3 Å². The maximum atomic E-state index is 14.4. The third-order valence-electron chi connectivity index (χ3n) is 4.67. The van der Waals surface area contributed by atoms with Crippen molar-refractivity contribution in [3.8, 4) is 0 Å². The zero-order valence-electron chi connectivity index (χ0n) is 15.7. The normalized spacial score (nSPS) is 15.3. The van der Waals surface area contributed by atoms with Crippen LogP contribution in [0.4, 0.5) is 24.5 Å². The van der Waals surface area contributed by atoms with Crippen molar-refractivity contribution in [1.29, 1.82) is 0 Å². The summed E-state index contributed by atoms with van der Waals surface area (Å²) in [5, 5.41) is 15.8. The van der Waals surface area contributed by atoms with Crippen molar-refractivity contribution in [1.82, 2.24) is 10.2 Å². The second-order valence-corrected chi connectivity index (χ2v) is 7.06. The van der Waals surface area contributed by atoms with E-state index in [1.54, 1.807) is 13.0 Å². The molecule has 1 heterocycles. The summed E-state index contributed by atoms with van der Waals surface area (Å²) in [4.78, 5) is 14.1. The van der Waals surface area contributed by atoms with Gasteiger partial charge in [-0.3, -0.25) is 4.79 Å². The number of hydrogen-bond donors (Lipinski definition) is 3. The van der Waals surface area contributed by atoms with E-state index in [9.17, 15) is 23.1 Å². The summed E-state index contributed by atoms with van der Waals surface area (Å²) in [5.74, 6) is -3.64. The maximum Gasteiger partial charge on any atom is 0.256 e. The van der Waals surface area contributed by atoms with E-state index in [0.717, 1.165) is 12.1 Å². The predicted octanol–water partition coefficient (Wildman–Crippen LogP) is 2.95. The average Bonchev–Trinajstić information content (AvgIpc) is 2.63. The molecule has 3 rings (SSSR count). The summed E-state index contributed by atoms with van der Waals surface area (Å²) in [7, 11) is 0. The van der Waals surface area contributed by atoms with E-state index in [1.807, 2.05) is 6.92 Å². The Bertz CT molecular complexity index is 899. The summed E-state index contributed by atoms with van der Waals surface area (Å²) in [5.41, 5.74) is -1.03. The van der Waals surface area contributed by atoms with Crippen molar-refractivity contribution in [3.63, 3.8) is 0 Å². The number of benzene rings is 2. The number of nitrogens with one attached hydrogen (secondary N) is 2. The van der Waals surface area contributed by atoms with Crippen molar-refractivity contribution < 1.29 is 23.1 Å². The Morgan fingerprint density at radius 2 is 1.89 bits per heavy atom. The Hall–Kier alpha value is -2.58. The van der Waals surface area contributed by atoms with E-state index in [-0.39, 0.29) is 24.3 Å². The Morgan fingerprint density at radius 3 is 2.54 bits per heavy atom. The van der Waals surface area contributed by atoms with Gasteiger partial charge in [0.15, 0.2) is 11.6 Å². The van der Waals surface area contributed by atoms with Crippen molar-refractivity contribution in [2.75, 3.05) is 31.5 Å². The van der Waals surface area contributed by atoms with Crippen molar-refractivity contribution >= 4 is 17.3 Å². The highest BCUT2D eigenvalue weighted by atomic mass is 19.2. The highest BCUT2D eigenvalue weighted by molar-refractivity contribution is 6.01. The summed E-state index contributed by atoms with van der Waals surface area (Å²) >= 11 is 0. The Kier molecular flexibility index (Phi) is 5.62. The number of carbonyl (C=O) groups excluding carboxylic acids is 1. The van der Waals surface area contributed by atoms with Gasteiger partial charge in [0.1, 0.15) is 11.4 Å². The van der Waals surface area contributed by atoms with Crippen LogP contribution in [0.25, 0.3) is 0 Å². The van der Waals surface area contributed by atoms with Crippen LogP contribution >= 0.6 is 0 Å². The zero-order chi connectivity index (χ0) is 20.5. The Morgan fingerprint density at radius 1 is 1.18 bits per heavy atom. The molecular weight excluding hydrogens is 371 g/mol. The van der Waals surface area contributed by atoms with E-state index in [4.69, 9.17) is 0 Å². The lowest BCUT2D eigenvalue weighted by molar-refractivity contribution is -0.0782. The fourth-order valence-corrected chi connectivity index (χ4v) is 3.15. The number of anilines is 2. The molecule has 0 aliphatic carbocycles. The van der Waals surface area contributed by atoms with Crippen LogP contribution in [0.15, 0.2) is 30.3 Å². The van der Waals surface area contributed by atoms with Gasteiger partial charge in [0.25, 0.3) is 5.91 Å². The van der Waals surface area contributed by atoms with Crippen molar-refractivity contribution in [2.45, 2.75) is 19.4 Å². The minimum atomic E-state index is -1.27. The molecule has 0 aromatic heterocycles. The number of rotatable bonds is 6. The van der Waals surface area contributed by atoms with Crippen LogP contribution in [0.1, 0.15) is 22.8 Å². The Labute approximate surface area is 161 Å². The summed E-state index contributed by atoms with van der Waals surface area (Å²) < 4.78 is 42.3. The Balaban J connectivity index is 1.86. The number of carbonyl (C=O) groups is 1. The number of amides is 1. The lowest BCUT2D eigenvalue weighted by Gasteiger charge is -2.46. The number of halogens is 3. The second-order valence-electron chi connectivity index (χ2n) is 7.06. The average molecular weight is 393 g/mol. The topological polar surface area (TPSA) is 64.6 Å². The monoisotopic (exact) mass is 393 g/mol. The molecule has 0 radical (unpaired) electrons. The highest BCUT2D eigenvalue weighted by Crippen LogP contribution is 2.31. The number of β-amino-alcohol motifs (C(OH)–C–C–N with tert-alkyl or cyclic N) is 1. The summed E-state index contributed by atoms with van der Waals surface area (Å²) in [6.45, 7) is 4.73. The number of likely N-dealkylation sites (tertiary alicyclic amines) is 1. The predicted molar refractivity (Wildman–Crippen MR) is 100 cm³/mol. The van der Waals surface area contributed by atoms with Crippen LogP contribution in [0, 0.1) is 24.4 Å². The minimum Gasteiger partial charge on any atom is -0.385 e. The number of aryl methyl sites for hydroxylation is 1. The van der Waals surface area contributed by atoms with Gasteiger partial charge in [-0.25, -0.2) is 13.2 Å². The largest absolute Gasteiger partial charge is 0.385 e. The zero-order valence-corrected chi connectivity index (χ0v) is 15.7. The molecule has 28 heavy (non-hydrogen) atoms. The van der Waals surface area contributed by atoms with Gasteiger partial charge in [-0.15, -0.1) is 0 Å². The maximum absolute atomic E-state index is 14.4. The van der Waals surface area contributed by atoms with Crippen molar-refractivity contribution in [2.24, 2.45) is 0 Å². The van der Waals surface area contributed by atoms with Gasteiger partial charge >= 0.3 is 0 Å². The van der Waals surface area contributed by atoms with Crippen LogP contribution in [-0.2, 0) is 0 Å². The molecule has 0 unspecified atom stereocenters. The van der Waals surface area contributed by atoms with E-state index >= 15 is 0 Å². The molecule has 1 aliphatic rings. The first-order valence-corrected chi connectivity index (χ1v) is 8.97. The molecule has 8 heteroatoms. The number of aliphatic hydroxyl groups is 1. The molecule has 1 saturated heterocycles. The third kappa shape index (κ3) is 3.98. The van der Waals surface area contributed by atoms with E-state index in [2.05, 4.69) is 10.6 Å². The molecule has 0 spiro atoms. The van der Waals surface area contributed by atoms with Gasteiger partial charge in [0, 0.05) is 6.54 Å². The molecule has 150 valence electrons. The molecule has 0 atom stereocenters. The quantitative estimate of drug-likeness (QED) is 0.706. The SMILES string of the molecule is CCNCC1(O)CN(C(=O)c2ccc(F)c(F)c2Nc2ccc(C)cc2F)C1. The lowest BCUT2D eigenvalue weighted by atomic mass is 9.93. The minimum absolute atomic E-state index is 0.0656. The first kappa shape index (κ1) is 20.2. The number of nitrogens with zero attached hydrogens (tertiary/aromatic N) is 1. The van der Waals surface area contributed by atoms with Crippen LogP contribution in [0.3, 0.4) is 0 Å². The highest BCUT2D eigenvalue weighted by Gasteiger charge is 2.44. The van der Waals surface area contributed by atoms with E-state index < -0.39 is 34.6 Å². The summed E-state index contributed by atoms with van der Waals surface area (Å²) in [6.07, 6.45) is 0. The smallest absolute Gasteiger partial charge is 0.256 e. The molecule has 0 saturated carbocycles. The van der Waals surface area contributed by atoms with Gasteiger partial charge in [0.05, 0.1) is 30.0 Å². The number of likely N-dealkylation sites (N-methyl/N-ethyl adjacent to an activating group) is 1.